The summed E-state index contributed by atoms with van der Waals surface area (Å²) in [5.41, 5.74) is -0.535. The van der Waals surface area contributed by atoms with E-state index in [0.717, 1.165) is 6.29 Å². The lowest BCUT2D eigenvalue weighted by atomic mass is 9.90. The second kappa shape index (κ2) is 7.26. The van der Waals surface area contributed by atoms with Crippen molar-refractivity contribution in [2.45, 2.75) is 52.7 Å². The third kappa shape index (κ3) is 3.78. The van der Waals surface area contributed by atoms with E-state index in [9.17, 15) is 4.79 Å². The Morgan fingerprint density at radius 3 is 1.56 bits per heavy atom. The van der Waals surface area contributed by atoms with Crippen molar-refractivity contribution in [1.29, 1.82) is 0 Å². The van der Waals surface area contributed by atoms with E-state index in [1.54, 1.807) is 0 Å². The largest absolute Gasteiger partial charge is 0.404 e. The number of rotatable bonds is 6. The van der Waals surface area contributed by atoms with Crippen molar-refractivity contribution in [3.63, 3.8) is 0 Å². The van der Waals surface area contributed by atoms with Crippen LogP contribution in [0.5, 0.6) is 0 Å². The molecule has 25 heavy (non-hydrogen) atoms. The maximum absolute atomic E-state index is 11.6. The van der Waals surface area contributed by atoms with Gasteiger partial charge in [0.15, 0.2) is 0 Å². The van der Waals surface area contributed by atoms with Crippen LogP contribution in [0.4, 0.5) is 0 Å². The molecule has 0 spiro atoms. The molecule has 134 valence electrons. The molecule has 1 atom stereocenters. The molecular formula is C22H30O2Si. The highest BCUT2D eigenvalue weighted by Gasteiger charge is 2.52. The van der Waals surface area contributed by atoms with E-state index >= 15 is 0 Å². The topological polar surface area (TPSA) is 26.3 Å². The molecule has 2 aromatic rings. The molecule has 3 heteroatoms. The standard InChI is InChI=1S/C22H30O2Si/c1-18(22(5,6)17-23)24-25(21(2,3)4,19-13-9-7-10-14-19)20-15-11-8-12-16-20/h7-18H,1-6H3. The maximum atomic E-state index is 11.6. The van der Waals surface area contributed by atoms with E-state index in [0.29, 0.717) is 0 Å². The van der Waals surface area contributed by atoms with E-state index in [2.05, 4.69) is 69.3 Å². The summed E-state index contributed by atoms with van der Waals surface area (Å²) in [4.78, 5) is 11.6. The van der Waals surface area contributed by atoms with Crippen LogP contribution in [-0.4, -0.2) is 20.7 Å². The number of carbonyl (C=O) groups is 1. The summed E-state index contributed by atoms with van der Waals surface area (Å²) in [6.07, 6.45) is 0.825. The van der Waals surface area contributed by atoms with E-state index in [1.807, 2.05) is 32.9 Å². The Balaban J connectivity index is 2.71. The predicted octanol–water partition coefficient (Wildman–Crippen LogP) is 4.18. The zero-order chi connectivity index (χ0) is 18.7. The number of aldehydes is 1. The summed E-state index contributed by atoms with van der Waals surface area (Å²) in [6, 6.07) is 21.1. The summed E-state index contributed by atoms with van der Waals surface area (Å²) in [5.74, 6) is 0. The third-order valence-electron chi connectivity index (χ3n) is 5.12. The minimum absolute atomic E-state index is 0.0804. The Morgan fingerprint density at radius 2 is 1.24 bits per heavy atom. The molecule has 0 saturated heterocycles. The van der Waals surface area contributed by atoms with Gasteiger partial charge in [0.05, 0.1) is 6.10 Å². The van der Waals surface area contributed by atoms with E-state index in [-0.39, 0.29) is 11.1 Å². The average molecular weight is 355 g/mol. The SMILES string of the molecule is CC(O[Si](c1ccccc1)(c1ccccc1)C(C)(C)C)C(C)(C)C=O. The summed E-state index contributed by atoms with van der Waals surface area (Å²) < 4.78 is 6.94. The first-order valence-electron chi connectivity index (χ1n) is 8.90. The highest BCUT2D eigenvalue weighted by molar-refractivity contribution is 6.99. The molecule has 2 aromatic carbocycles. The Hall–Kier alpha value is -1.71. The van der Waals surface area contributed by atoms with E-state index < -0.39 is 13.7 Å². The Bertz CT molecular complexity index is 647. The van der Waals surface area contributed by atoms with Crippen LogP contribution in [0, 0.1) is 5.41 Å². The number of carbonyl (C=O) groups excluding carboxylic acids is 1. The molecule has 0 aliphatic carbocycles. The van der Waals surface area contributed by atoms with Crippen LogP contribution in [-0.2, 0) is 9.22 Å². The zero-order valence-corrected chi connectivity index (χ0v) is 17.2. The van der Waals surface area contributed by atoms with Gasteiger partial charge in [-0.3, -0.25) is 0 Å². The minimum atomic E-state index is -2.60. The van der Waals surface area contributed by atoms with Gasteiger partial charge in [-0.2, -0.15) is 0 Å². The Morgan fingerprint density at radius 1 is 0.840 bits per heavy atom. The first kappa shape index (κ1) is 19.6. The Kier molecular flexibility index (Phi) is 5.70. The fourth-order valence-corrected chi connectivity index (χ4v) is 8.05. The molecule has 0 aliphatic heterocycles. The molecular weight excluding hydrogens is 324 g/mol. The van der Waals surface area contributed by atoms with Gasteiger partial charge in [-0.25, -0.2) is 0 Å². The number of hydrogen-bond acceptors (Lipinski definition) is 2. The number of benzene rings is 2. The fraction of sp³-hybridized carbons (Fsp3) is 0.409. The summed E-state index contributed by atoms with van der Waals surface area (Å²) >= 11 is 0. The molecule has 0 fully saturated rings. The maximum Gasteiger partial charge on any atom is 0.261 e. The lowest BCUT2D eigenvalue weighted by Gasteiger charge is -2.46. The highest BCUT2D eigenvalue weighted by atomic mass is 28.4. The fourth-order valence-electron chi connectivity index (χ4n) is 3.20. The molecule has 0 N–H and O–H groups in total. The normalized spacial score (nSPS) is 14.2. The first-order chi connectivity index (χ1) is 11.6. The Labute approximate surface area is 153 Å². The summed E-state index contributed by atoms with van der Waals surface area (Å²) in [5, 5.41) is 2.40. The van der Waals surface area contributed by atoms with Crippen molar-refractivity contribution in [3.05, 3.63) is 60.7 Å². The highest BCUT2D eigenvalue weighted by Crippen LogP contribution is 2.39. The van der Waals surface area contributed by atoms with Gasteiger partial charge in [-0.05, 0) is 22.3 Å². The van der Waals surface area contributed by atoms with E-state index in [4.69, 9.17) is 4.43 Å². The van der Waals surface area contributed by atoms with Crippen LogP contribution >= 0.6 is 0 Å². The molecule has 0 bridgehead atoms. The van der Waals surface area contributed by atoms with Gasteiger partial charge in [0, 0.05) is 5.41 Å². The molecule has 0 aromatic heterocycles. The van der Waals surface area contributed by atoms with Crippen LogP contribution in [0.25, 0.3) is 0 Å². The minimum Gasteiger partial charge on any atom is -0.404 e. The smallest absolute Gasteiger partial charge is 0.261 e. The van der Waals surface area contributed by atoms with Gasteiger partial charge in [0.1, 0.15) is 6.29 Å². The number of hydrogen-bond donors (Lipinski definition) is 0. The summed E-state index contributed by atoms with van der Waals surface area (Å²) in [7, 11) is -2.60. The van der Waals surface area contributed by atoms with Gasteiger partial charge in [-0.15, -0.1) is 0 Å². The molecule has 0 radical (unpaired) electrons. The van der Waals surface area contributed by atoms with Crippen LogP contribution in [0.3, 0.4) is 0 Å². The molecule has 2 rings (SSSR count). The summed E-state index contributed by atoms with van der Waals surface area (Å²) in [6.45, 7) is 12.7. The van der Waals surface area contributed by atoms with Gasteiger partial charge in [0.2, 0.25) is 0 Å². The van der Waals surface area contributed by atoms with Crippen LogP contribution in [0.2, 0.25) is 5.04 Å². The molecule has 0 aliphatic rings. The molecule has 2 nitrogen and oxygen atoms in total. The lowest BCUT2D eigenvalue weighted by molar-refractivity contribution is -0.118. The second-order valence-corrected chi connectivity index (χ2v) is 12.6. The van der Waals surface area contributed by atoms with Crippen molar-refractivity contribution in [2.24, 2.45) is 5.41 Å². The second-order valence-electron chi connectivity index (χ2n) is 8.36. The monoisotopic (exact) mass is 354 g/mol. The molecule has 0 saturated carbocycles. The average Bonchev–Trinajstić information content (AvgIpc) is 2.59. The van der Waals surface area contributed by atoms with Gasteiger partial charge in [-0.1, -0.05) is 95.3 Å². The van der Waals surface area contributed by atoms with Crippen molar-refractivity contribution in [3.8, 4) is 0 Å². The van der Waals surface area contributed by atoms with Gasteiger partial charge in [0.25, 0.3) is 8.32 Å². The molecule has 1 unspecified atom stereocenters. The molecule has 0 heterocycles. The van der Waals surface area contributed by atoms with Crippen LogP contribution in [0.15, 0.2) is 60.7 Å². The zero-order valence-electron chi connectivity index (χ0n) is 16.2. The van der Waals surface area contributed by atoms with Crippen molar-refractivity contribution in [1.82, 2.24) is 0 Å². The lowest BCUT2D eigenvalue weighted by Crippen LogP contribution is -2.68. The van der Waals surface area contributed by atoms with Crippen molar-refractivity contribution >= 4 is 25.0 Å². The van der Waals surface area contributed by atoms with Crippen molar-refractivity contribution in [2.75, 3.05) is 0 Å². The van der Waals surface area contributed by atoms with Crippen molar-refractivity contribution < 1.29 is 9.22 Å². The van der Waals surface area contributed by atoms with Crippen LogP contribution < -0.4 is 10.4 Å². The third-order valence-corrected chi connectivity index (χ3v) is 10.2. The quantitative estimate of drug-likeness (QED) is 0.575. The molecule has 0 amide bonds. The van der Waals surface area contributed by atoms with E-state index in [1.165, 1.54) is 10.4 Å². The van der Waals surface area contributed by atoms with Gasteiger partial charge < -0.3 is 9.22 Å². The first-order valence-corrected chi connectivity index (χ1v) is 10.8. The predicted molar refractivity (Wildman–Crippen MR) is 108 cm³/mol. The van der Waals surface area contributed by atoms with Gasteiger partial charge >= 0.3 is 0 Å². The van der Waals surface area contributed by atoms with Crippen LogP contribution in [0.1, 0.15) is 41.5 Å².